The zero-order valence-corrected chi connectivity index (χ0v) is 6.90. The van der Waals surface area contributed by atoms with Gasteiger partial charge >= 0.3 is 36.6 Å². The van der Waals surface area contributed by atoms with E-state index in [9.17, 15) is 9.59 Å². The molecule has 12 heavy (non-hydrogen) atoms. The average Bonchev–Trinajstić information content (AvgIpc) is 1.86. The molecule has 0 aliphatic heterocycles. The molecule has 5 nitrogen and oxygen atoms in total. The summed E-state index contributed by atoms with van der Waals surface area (Å²) in [6, 6.07) is 0. The van der Waals surface area contributed by atoms with Gasteiger partial charge in [-0.1, -0.05) is 6.58 Å². The summed E-state index contributed by atoms with van der Waals surface area (Å²) in [6.07, 6.45) is 0.761. The van der Waals surface area contributed by atoms with Crippen molar-refractivity contribution in [3.8, 4) is 0 Å². The molecule has 0 saturated carbocycles. The summed E-state index contributed by atoms with van der Waals surface area (Å²) in [5.74, 6) is -5.10. The summed E-state index contributed by atoms with van der Waals surface area (Å²) in [4.78, 5) is 20.5. The maximum Gasteiger partial charge on any atom is 1.00 e. The molecule has 0 aliphatic rings. The third kappa shape index (κ3) is 4.19. The first-order valence-electron chi connectivity index (χ1n) is 2.71. The number of carboxylic acid groups (broad SMARTS) is 1. The van der Waals surface area contributed by atoms with Crippen LogP contribution in [0.4, 0.5) is 0 Å². The van der Waals surface area contributed by atoms with Crippen molar-refractivity contribution >= 4 is 11.9 Å². The second-order valence-corrected chi connectivity index (χ2v) is 1.91. The number of ether oxygens (including phenoxy) is 1. The minimum atomic E-state index is -2.48. The van der Waals surface area contributed by atoms with Crippen molar-refractivity contribution in [1.82, 2.24) is 0 Å². The standard InChI is InChI=1S/C6H8O5.Li.H/c1-3-4(7)11-6(2,10)5(8)9;;/h3,10H,1H2,2H3,(H,8,9);;/q;+1;-1. The minimum Gasteiger partial charge on any atom is -1.00 e. The Bertz CT molecular complexity index is 203. The molecule has 0 saturated heterocycles. The van der Waals surface area contributed by atoms with Gasteiger partial charge in [0.15, 0.2) is 0 Å². The van der Waals surface area contributed by atoms with Gasteiger partial charge in [0.25, 0.3) is 0 Å². The van der Waals surface area contributed by atoms with E-state index in [-0.39, 0.29) is 20.3 Å². The van der Waals surface area contributed by atoms with E-state index in [1.54, 1.807) is 0 Å². The second-order valence-electron chi connectivity index (χ2n) is 1.91. The fourth-order valence-corrected chi connectivity index (χ4v) is 0.281. The SMILES string of the molecule is C=CC(=O)OC(C)(O)C(=O)O.[H-].[Li+]. The molecule has 0 aromatic rings. The monoisotopic (exact) mass is 168 g/mol. The van der Waals surface area contributed by atoms with Crippen molar-refractivity contribution in [1.29, 1.82) is 0 Å². The van der Waals surface area contributed by atoms with Crippen LogP contribution in [0.2, 0.25) is 0 Å². The molecule has 0 radical (unpaired) electrons. The normalized spacial score (nSPS) is 13.5. The molecule has 0 aromatic carbocycles. The molecule has 0 aliphatic carbocycles. The van der Waals surface area contributed by atoms with Gasteiger partial charge in [0.1, 0.15) is 0 Å². The van der Waals surface area contributed by atoms with Crippen LogP contribution in [0.15, 0.2) is 12.7 Å². The summed E-state index contributed by atoms with van der Waals surface area (Å²) in [6.45, 7) is 3.87. The predicted octanol–water partition coefficient (Wildman–Crippen LogP) is -3.37. The van der Waals surface area contributed by atoms with Crippen molar-refractivity contribution in [3.63, 3.8) is 0 Å². The molecule has 1 atom stereocenters. The van der Waals surface area contributed by atoms with E-state index in [0.717, 1.165) is 13.0 Å². The quantitative estimate of drug-likeness (QED) is 0.199. The van der Waals surface area contributed by atoms with Gasteiger partial charge in [-0.2, -0.15) is 0 Å². The van der Waals surface area contributed by atoms with Crippen molar-refractivity contribution in [3.05, 3.63) is 12.7 Å². The largest absolute Gasteiger partial charge is 1.00 e. The Morgan fingerprint density at radius 1 is 1.67 bits per heavy atom. The Balaban J connectivity index is -0.000000500. The van der Waals surface area contributed by atoms with Gasteiger partial charge in [-0.3, -0.25) is 0 Å². The number of hydrogen-bond donors (Lipinski definition) is 2. The van der Waals surface area contributed by atoms with Gasteiger partial charge in [-0.25, -0.2) is 9.59 Å². The fraction of sp³-hybridized carbons (Fsp3) is 0.333. The van der Waals surface area contributed by atoms with Gasteiger partial charge in [-0.05, 0) is 0 Å². The number of aliphatic hydroxyl groups is 1. The van der Waals surface area contributed by atoms with Gasteiger partial charge < -0.3 is 16.4 Å². The molecular formula is C6H9LiO5. The minimum absolute atomic E-state index is 0. The van der Waals surface area contributed by atoms with Crippen molar-refractivity contribution in [2.75, 3.05) is 0 Å². The molecule has 0 rings (SSSR count). The fourth-order valence-electron chi connectivity index (χ4n) is 0.281. The van der Waals surface area contributed by atoms with Crippen molar-refractivity contribution in [2.45, 2.75) is 12.7 Å². The molecular weight excluding hydrogens is 159 g/mol. The number of carbonyl (C=O) groups excluding carboxylic acids is 1. The first-order valence-corrected chi connectivity index (χ1v) is 2.71. The Hall–Kier alpha value is -0.763. The zero-order valence-electron chi connectivity index (χ0n) is 7.90. The maximum absolute atomic E-state index is 10.4. The summed E-state index contributed by atoms with van der Waals surface area (Å²) < 4.78 is 4.05. The van der Waals surface area contributed by atoms with E-state index < -0.39 is 17.7 Å². The number of aliphatic carboxylic acids is 1. The summed E-state index contributed by atoms with van der Waals surface area (Å²) in [5.41, 5.74) is 0. The Morgan fingerprint density at radius 2 is 2.08 bits per heavy atom. The average molecular weight is 168 g/mol. The zero-order chi connectivity index (χ0) is 9.07. The third-order valence-corrected chi connectivity index (χ3v) is 0.863. The van der Waals surface area contributed by atoms with E-state index in [0.29, 0.717) is 0 Å². The van der Waals surface area contributed by atoms with Gasteiger partial charge in [0.2, 0.25) is 0 Å². The number of carbonyl (C=O) groups is 2. The number of hydrogen-bond acceptors (Lipinski definition) is 4. The topological polar surface area (TPSA) is 83.8 Å². The van der Waals surface area contributed by atoms with Crippen molar-refractivity contribution in [2.24, 2.45) is 0 Å². The third-order valence-electron chi connectivity index (χ3n) is 0.863. The maximum atomic E-state index is 10.4. The Morgan fingerprint density at radius 3 is 2.33 bits per heavy atom. The molecule has 1 unspecified atom stereocenters. The first kappa shape index (κ1) is 13.8. The summed E-state index contributed by atoms with van der Waals surface area (Å²) in [5, 5.41) is 17.0. The summed E-state index contributed by atoms with van der Waals surface area (Å²) in [7, 11) is 0. The van der Waals surface area contributed by atoms with Gasteiger partial charge in [-0.15, -0.1) is 0 Å². The molecule has 0 fully saturated rings. The molecule has 0 bridgehead atoms. The van der Waals surface area contributed by atoms with Crippen molar-refractivity contribution < 1.29 is 44.8 Å². The van der Waals surface area contributed by atoms with E-state index >= 15 is 0 Å². The van der Waals surface area contributed by atoms with Crippen LogP contribution in [-0.2, 0) is 14.3 Å². The number of esters is 1. The summed E-state index contributed by atoms with van der Waals surface area (Å²) >= 11 is 0. The van der Waals surface area contributed by atoms with Crippen LogP contribution >= 0.6 is 0 Å². The predicted molar refractivity (Wildman–Crippen MR) is 35.7 cm³/mol. The van der Waals surface area contributed by atoms with E-state index in [1.807, 2.05) is 0 Å². The van der Waals surface area contributed by atoms with Crippen LogP contribution in [0.25, 0.3) is 0 Å². The molecule has 2 N–H and O–H groups in total. The molecule has 0 aromatic heterocycles. The Kier molecular flexibility index (Phi) is 5.73. The number of carboxylic acids is 1. The molecule has 64 valence electrons. The van der Waals surface area contributed by atoms with E-state index in [2.05, 4.69) is 11.3 Å². The van der Waals surface area contributed by atoms with Crippen LogP contribution < -0.4 is 18.9 Å². The van der Waals surface area contributed by atoms with E-state index in [1.165, 1.54) is 0 Å². The van der Waals surface area contributed by atoms with Crippen LogP contribution in [0.3, 0.4) is 0 Å². The molecule has 0 spiro atoms. The van der Waals surface area contributed by atoms with E-state index in [4.69, 9.17) is 10.2 Å². The smallest absolute Gasteiger partial charge is 1.00 e. The van der Waals surface area contributed by atoms with Gasteiger partial charge in [0.05, 0.1) is 0 Å². The van der Waals surface area contributed by atoms with Crippen LogP contribution in [-0.4, -0.2) is 27.9 Å². The van der Waals surface area contributed by atoms with Crippen LogP contribution in [0.1, 0.15) is 8.35 Å². The first-order chi connectivity index (χ1) is 4.90. The molecule has 6 heteroatoms. The van der Waals surface area contributed by atoms with Crippen LogP contribution in [0, 0.1) is 0 Å². The second kappa shape index (κ2) is 4.99. The van der Waals surface area contributed by atoms with Crippen LogP contribution in [0.5, 0.6) is 0 Å². The Labute approximate surface area is 82.7 Å². The van der Waals surface area contributed by atoms with Gasteiger partial charge in [0, 0.05) is 13.0 Å². The molecule has 0 amide bonds. The molecule has 0 heterocycles. The number of rotatable bonds is 3.